The molecule has 0 aliphatic carbocycles. The van der Waals surface area contributed by atoms with E-state index in [0.29, 0.717) is 12.2 Å². The minimum Gasteiger partial charge on any atom is -0.211 e. The third-order valence-electron chi connectivity index (χ3n) is 1.61. The molecular weight excluding hydrogens is 192 g/mol. The molecule has 1 aromatic rings. The number of nitrogens with zero attached hydrogens (tertiary/aromatic N) is 4. The van der Waals surface area contributed by atoms with Gasteiger partial charge < -0.3 is 0 Å². The van der Waals surface area contributed by atoms with Gasteiger partial charge in [0.25, 0.3) is 0 Å². The molecular formula is C10H8N4O. The largest absolute Gasteiger partial charge is 0.240 e. The lowest BCUT2D eigenvalue weighted by molar-refractivity contribution is 0.565. The van der Waals surface area contributed by atoms with Gasteiger partial charge in [0.15, 0.2) is 0 Å². The Morgan fingerprint density at radius 1 is 1.53 bits per heavy atom. The van der Waals surface area contributed by atoms with Gasteiger partial charge in [-0.2, -0.15) is 4.99 Å². The molecule has 0 unspecified atom stereocenters. The second-order valence-corrected chi connectivity index (χ2v) is 2.61. The van der Waals surface area contributed by atoms with Crippen LogP contribution in [0.25, 0.3) is 16.5 Å². The smallest absolute Gasteiger partial charge is 0.211 e. The third-order valence-corrected chi connectivity index (χ3v) is 1.61. The number of rotatable bonds is 4. The van der Waals surface area contributed by atoms with Crippen LogP contribution in [0.5, 0.6) is 0 Å². The highest BCUT2D eigenvalue weighted by Crippen LogP contribution is 2.14. The highest BCUT2D eigenvalue weighted by atomic mass is 16.1. The first-order valence-electron chi connectivity index (χ1n) is 4.22. The van der Waals surface area contributed by atoms with Crippen LogP contribution >= 0.6 is 0 Å². The molecule has 0 heterocycles. The Morgan fingerprint density at radius 3 is 3.13 bits per heavy atom. The quantitative estimate of drug-likeness (QED) is 0.242. The van der Waals surface area contributed by atoms with E-state index in [2.05, 4.69) is 15.0 Å². The van der Waals surface area contributed by atoms with Gasteiger partial charge in [0.05, 0.1) is 5.69 Å². The van der Waals surface area contributed by atoms with E-state index in [1.54, 1.807) is 30.4 Å². The molecule has 0 saturated heterocycles. The molecule has 0 amide bonds. The summed E-state index contributed by atoms with van der Waals surface area (Å²) in [5.41, 5.74) is 9.48. The molecule has 5 nitrogen and oxygen atoms in total. The molecule has 0 fully saturated rings. The molecule has 0 aliphatic heterocycles. The number of carbonyl (C=O) groups excluding carboxylic acids is 1. The predicted octanol–water partition coefficient (Wildman–Crippen LogP) is 2.98. The topological polar surface area (TPSA) is 78.2 Å². The van der Waals surface area contributed by atoms with Gasteiger partial charge in [-0.25, -0.2) is 4.79 Å². The van der Waals surface area contributed by atoms with Crippen molar-refractivity contribution in [2.75, 3.05) is 6.54 Å². The monoisotopic (exact) mass is 200 g/mol. The number of hydrogen-bond acceptors (Lipinski definition) is 3. The van der Waals surface area contributed by atoms with Crippen LogP contribution in [-0.2, 0) is 4.79 Å². The van der Waals surface area contributed by atoms with E-state index in [1.807, 2.05) is 6.07 Å². The number of hydrogen-bond donors (Lipinski definition) is 0. The molecule has 5 heteroatoms. The normalized spacial score (nSPS) is 9.33. The summed E-state index contributed by atoms with van der Waals surface area (Å²) in [4.78, 5) is 16.1. The van der Waals surface area contributed by atoms with Gasteiger partial charge >= 0.3 is 0 Å². The van der Waals surface area contributed by atoms with Crippen LogP contribution in [0.2, 0.25) is 0 Å². The van der Waals surface area contributed by atoms with Crippen molar-refractivity contribution >= 4 is 17.8 Å². The van der Waals surface area contributed by atoms with E-state index >= 15 is 0 Å². The van der Waals surface area contributed by atoms with Gasteiger partial charge in [-0.3, -0.25) is 0 Å². The van der Waals surface area contributed by atoms with E-state index in [1.165, 1.54) is 6.08 Å². The Kier molecular flexibility index (Phi) is 4.40. The van der Waals surface area contributed by atoms with Crippen LogP contribution in [0.1, 0.15) is 5.56 Å². The summed E-state index contributed by atoms with van der Waals surface area (Å²) in [6.45, 7) is 0.303. The third kappa shape index (κ3) is 3.91. The van der Waals surface area contributed by atoms with Crippen LogP contribution in [0.3, 0.4) is 0 Å². The van der Waals surface area contributed by atoms with Gasteiger partial charge in [-0.15, -0.1) is 0 Å². The van der Waals surface area contributed by atoms with Crippen molar-refractivity contribution in [1.29, 1.82) is 0 Å². The molecule has 1 rings (SSSR count). The van der Waals surface area contributed by atoms with Crippen molar-refractivity contribution in [3.8, 4) is 0 Å². The van der Waals surface area contributed by atoms with Crippen LogP contribution in [0, 0.1) is 0 Å². The maximum Gasteiger partial charge on any atom is 0.240 e. The Bertz CT molecular complexity index is 454. The first kappa shape index (κ1) is 10.7. The van der Waals surface area contributed by atoms with E-state index < -0.39 is 0 Å². The van der Waals surface area contributed by atoms with Gasteiger partial charge in [-0.05, 0) is 23.2 Å². The van der Waals surface area contributed by atoms with Crippen molar-refractivity contribution in [2.45, 2.75) is 0 Å². The van der Waals surface area contributed by atoms with E-state index in [9.17, 15) is 4.79 Å². The lowest BCUT2D eigenvalue weighted by atomic mass is 10.2. The minimum absolute atomic E-state index is 0.303. The molecule has 15 heavy (non-hydrogen) atoms. The highest BCUT2D eigenvalue weighted by molar-refractivity contribution is 5.57. The fraction of sp³-hybridized carbons (Fsp3) is 0.100. The molecule has 0 spiro atoms. The van der Waals surface area contributed by atoms with Gasteiger partial charge in [0, 0.05) is 11.5 Å². The fourth-order valence-corrected chi connectivity index (χ4v) is 1.02. The SMILES string of the molecule is [N-]=[N+]=NCC=Cc1cccc(N=C=O)c1. The molecule has 74 valence electrons. The fourth-order valence-electron chi connectivity index (χ4n) is 1.02. The maximum absolute atomic E-state index is 10.0. The first-order chi connectivity index (χ1) is 7.36. The molecule has 0 radical (unpaired) electrons. The molecule has 0 atom stereocenters. The zero-order chi connectivity index (χ0) is 10.9. The van der Waals surface area contributed by atoms with Gasteiger partial charge in [-0.1, -0.05) is 29.4 Å². The Morgan fingerprint density at radius 2 is 2.40 bits per heavy atom. The Balaban J connectivity index is 2.77. The summed E-state index contributed by atoms with van der Waals surface area (Å²) in [7, 11) is 0. The predicted molar refractivity (Wildman–Crippen MR) is 57.3 cm³/mol. The van der Waals surface area contributed by atoms with Crippen LogP contribution < -0.4 is 0 Å². The van der Waals surface area contributed by atoms with Crippen molar-refractivity contribution in [1.82, 2.24) is 0 Å². The van der Waals surface area contributed by atoms with E-state index in [-0.39, 0.29) is 0 Å². The maximum atomic E-state index is 10.0. The number of azide groups is 1. The summed E-state index contributed by atoms with van der Waals surface area (Å²) in [6.07, 6.45) is 4.99. The second-order valence-electron chi connectivity index (χ2n) is 2.61. The van der Waals surface area contributed by atoms with Crippen LogP contribution in [-0.4, -0.2) is 12.6 Å². The van der Waals surface area contributed by atoms with E-state index in [0.717, 1.165) is 5.56 Å². The minimum atomic E-state index is 0.303. The van der Waals surface area contributed by atoms with Crippen molar-refractivity contribution in [3.63, 3.8) is 0 Å². The lowest BCUT2D eigenvalue weighted by Crippen LogP contribution is -1.72. The van der Waals surface area contributed by atoms with Gasteiger partial charge in [0.1, 0.15) is 0 Å². The molecule has 0 aromatic heterocycles. The summed E-state index contributed by atoms with van der Waals surface area (Å²) >= 11 is 0. The summed E-state index contributed by atoms with van der Waals surface area (Å²) in [5, 5.41) is 3.35. The van der Waals surface area contributed by atoms with Crippen molar-refractivity contribution < 1.29 is 4.79 Å². The molecule has 1 aromatic carbocycles. The van der Waals surface area contributed by atoms with Crippen molar-refractivity contribution in [2.24, 2.45) is 10.1 Å². The summed E-state index contributed by atoms with van der Waals surface area (Å²) < 4.78 is 0. The first-order valence-corrected chi connectivity index (χ1v) is 4.22. The van der Waals surface area contributed by atoms with E-state index in [4.69, 9.17) is 5.53 Å². The van der Waals surface area contributed by atoms with Gasteiger partial charge in [0.2, 0.25) is 6.08 Å². The highest BCUT2D eigenvalue weighted by Gasteiger charge is 1.89. The van der Waals surface area contributed by atoms with Crippen LogP contribution in [0.4, 0.5) is 5.69 Å². The summed E-state index contributed by atoms with van der Waals surface area (Å²) in [5.74, 6) is 0. The molecule has 0 aliphatic rings. The molecule has 0 bridgehead atoms. The average Bonchev–Trinajstić information content (AvgIpc) is 2.26. The van der Waals surface area contributed by atoms with Crippen molar-refractivity contribution in [3.05, 3.63) is 46.3 Å². The summed E-state index contributed by atoms with van der Waals surface area (Å²) in [6, 6.07) is 7.08. The lowest BCUT2D eigenvalue weighted by Gasteiger charge is -1.93. The van der Waals surface area contributed by atoms with Crippen LogP contribution in [0.15, 0.2) is 40.4 Å². The number of isocyanates is 1. The molecule has 0 N–H and O–H groups in total. The second kappa shape index (κ2) is 6.16. The Labute approximate surface area is 86.4 Å². The zero-order valence-electron chi connectivity index (χ0n) is 7.87. The average molecular weight is 200 g/mol. The molecule has 0 saturated carbocycles. The zero-order valence-corrected chi connectivity index (χ0v) is 7.87. The number of aliphatic imine (C=N–C) groups is 1. The number of benzene rings is 1. The standard InChI is InChI=1S/C10H8N4O/c11-14-13-6-2-4-9-3-1-5-10(7-9)12-8-15/h1-5,7H,6H2. The Hall–Kier alpha value is -2.35.